The average Bonchev–Trinajstić information content (AvgIpc) is 2.43. The normalized spacial score (nSPS) is 10.9. The number of benzene rings is 1. The van der Waals surface area contributed by atoms with Crippen LogP contribution in [0, 0.1) is 0 Å². The van der Waals surface area contributed by atoms with Gasteiger partial charge in [-0.1, -0.05) is 30.4 Å². The minimum absolute atomic E-state index is 0.0659. The molecular formula is C15H16N2O. The summed E-state index contributed by atoms with van der Waals surface area (Å²) >= 11 is 0. The van der Waals surface area contributed by atoms with Crippen LogP contribution in [0.5, 0.6) is 0 Å². The molecule has 18 heavy (non-hydrogen) atoms. The number of nitrogens with one attached hydrogen (secondary N) is 1. The van der Waals surface area contributed by atoms with Crippen LogP contribution < -0.4 is 5.32 Å². The van der Waals surface area contributed by atoms with Gasteiger partial charge in [0.15, 0.2) is 0 Å². The number of allylic oxidation sites excluding steroid dienone is 1. The van der Waals surface area contributed by atoms with Gasteiger partial charge in [-0.15, -0.1) is 0 Å². The van der Waals surface area contributed by atoms with E-state index in [1.165, 1.54) is 0 Å². The molecule has 3 heteroatoms. The van der Waals surface area contributed by atoms with Gasteiger partial charge >= 0.3 is 0 Å². The average molecular weight is 240 g/mol. The molecule has 0 saturated heterocycles. The molecule has 0 aliphatic heterocycles. The van der Waals surface area contributed by atoms with E-state index in [1.54, 1.807) is 12.3 Å². The Labute approximate surface area is 107 Å². The third kappa shape index (κ3) is 2.74. The van der Waals surface area contributed by atoms with Crippen molar-refractivity contribution in [3.05, 3.63) is 54.2 Å². The van der Waals surface area contributed by atoms with Gasteiger partial charge in [-0.05, 0) is 25.5 Å². The minimum Gasteiger partial charge on any atom is -0.352 e. The number of hydrogen-bond donors (Lipinski definition) is 1. The first-order chi connectivity index (χ1) is 8.83. The fourth-order valence-corrected chi connectivity index (χ4v) is 1.82. The second-order valence-electron chi connectivity index (χ2n) is 3.99. The van der Waals surface area contributed by atoms with Crippen molar-refractivity contribution < 1.29 is 4.79 Å². The number of para-hydroxylation sites is 1. The molecular weight excluding hydrogens is 224 g/mol. The monoisotopic (exact) mass is 240 g/mol. The number of carbonyl (C=O) groups excluding carboxylic acids is 1. The number of aromatic nitrogens is 1. The van der Waals surface area contributed by atoms with E-state index in [9.17, 15) is 4.79 Å². The van der Waals surface area contributed by atoms with E-state index in [1.807, 2.05) is 43.3 Å². The van der Waals surface area contributed by atoms with E-state index in [2.05, 4.69) is 10.3 Å². The van der Waals surface area contributed by atoms with Crippen LogP contribution in [0.2, 0.25) is 0 Å². The van der Waals surface area contributed by atoms with Crippen molar-refractivity contribution in [3.63, 3.8) is 0 Å². The Balaban J connectivity index is 2.17. The molecule has 0 saturated carbocycles. The van der Waals surface area contributed by atoms with E-state index in [0.29, 0.717) is 12.1 Å². The molecule has 0 unspecified atom stereocenters. The fraction of sp³-hybridized carbons (Fsp3) is 0.200. The van der Waals surface area contributed by atoms with E-state index in [-0.39, 0.29) is 5.91 Å². The number of hydrogen-bond acceptors (Lipinski definition) is 2. The lowest BCUT2D eigenvalue weighted by Gasteiger charge is -2.06. The van der Waals surface area contributed by atoms with E-state index in [4.69, 9.17) is 0 Å². The summed E-state index contributed by atoms with van der Waals surface area (Å²) in [5.74, 6) is -0.0659. The van der Waals surface area contributed by atoms with Crippen LogP contribution in [0.25, 0.3) is 10.9 Å². The van der Waals surface area contributed by atoms with Crippen LogP contribution in [-0.4, -0.2) is 17.4 Å². The van der Waals surface area contributed by atoms with Crippen LogP contribution in [0.1, 0.15) is 23.7 Å². The minimum atomic E-state index is -0.0659. The summed E-state index contributed by atoms with van der Waals surface area (Å²) in [7, 11) is 0. The molecule has 1 aromatic carbocycles. The lowest BCUT2D eigenvalue weighted by molar-refractivity contribution is 0.0956. The number of pyridine rings is 1. The lowest BCUT2D eigenvalue weighted by atomic mass is 10.1. The molecule has 1 N–H and O–H groups in total. The zero-order chi connectivity index (χ0) is 12.8. The quantitative estimate of drug-likeness (QED) is 0.659. The first kappa shape index (κ1) is 12.3. The van der Waals surface area contributed by atoms with Crippen LogP contribution in [-0.2, 0) is 0 Å². The topological polar surface area (TPSA) is 42.0 Å². The molecule has 92 valence electrons. The molecule has 2 rings (SSSR count). The third-order valence-corrected chi connectivity index (χ3v) is 2.71. The largest absolute Gasteiger partial charge is 0.352 e. The Bertz CT molecular complexity index is 570. The Kier molecular flexibility index (Phi) is 4.07. The van der Waals surface area contributed by atoms with Gasteiger partial charge in [0.1, 0.15) is 0 Å². The highest BCUT2D eigenvalue weighted by molar-refractivity contribution is 6.05. The highest BCUT2D eigenvalue weighted by atomic mass is 16.1. The van der Waals surface area contributed by atoms with Gasteiger partial charge in [0, 0.05) is 18.1 Å². The van der Waals surface area contributed by atoms with Crippen molar-refractivity contribution in [1.82, 2.24) is 10.3 Å². The summed E-state index contributed by atoms with van der Waals surface area (Å²) in [6.45, 7) is 2.61. The maximum atomic E-state index is 12.0. The molecule has 1 amide bonds. The summed E-state index contributed by atoms with van der Waals surface area (Å²) < 4.78 is 0. The molecule has 0 fully saturated rings. The zero-order valence-electron chi connectivity index (χ0n) is 10.4. The predicted octanol–water partition coefficient (Wildman–Crippen LogP) is 2.93. The van der Waals surface area contributed by atoms with Crippen molar-refractivity contribution in [2.75, 3.05) is 6.54 Å². The maximum absolute atomic E-state index is 12.0. The van der Waals surface area contributed by atoms with E-state index in [0.717, 1.165) is 17.3 Å². The van der Waals surface area contributed by atoms with Crippen molar-refractivity contribution >= 4 is 16.8 Å². The van der Waals surface area contributed by atoms with Gasteiger partial charge in [0.2, 0.25) is 0 Å². The van der Waals surface area contributed by atoms with Gasteiger partial charge in [-0.3, -0.25) is 9.78 Å². The lowest BCUT2D eigenvalue weighted by Crippen LogP contribution is -2.24. The molecule has 0 bridgehead atoms. The molecule has 0 radical (unpaired) electrons. The number of nitrogens with zero attached hydrogens (tertiary/aromatic N) is 1. The Morgan fingerprint density at radius 1 is 1.33 bits per heavy atom. The van der Waals surface area contributed by atoms with Crippen molar-refractivity contribution in [3.8, 4) is 0 Å². The van der Waals surface area contributed by atoms with Crippen LogP contribution in [0.3, 0.4) is 0 Å². The highest BCUT2D eigenvalue weighted by Gasteiger charge is 2.09. The van der Waals surface area contributed by atoms with Crippen LogP contribution in [0.4, 0.5) is 0 Å². The van der Waals surface area contributed by atoms with Crippen LogP contribution >= 0.6 is 0 Å². The SMILES string of the molecule is C/C=C/CCNC(=O)c1cccc2cccnc12. The summed E-state index contributed by atoms with van der Waals surface area (Å²) in [4.78, 5) is 16.3. The summed E-state index contributed by atoms with van der Waals surface area (Å²) in [5.41, 5.74) is 1.39. The first-order valence-electron chi connectivity index (χ1n) is 6.06. The highest BCUT2D eigenvalue weighted by Crippen LogP contribution is 2.15. The second kappa shape index (κ2) is 5.96. The fourth-order valence-electron chi connectivity index (χ4n) is 1.82. The van der Waals surface area contributed by atoms with Gasteiger partial charge < -0.3 is 5.32 Å². The Hall–Kier alpha value is -2.16. The van der Waals surface area contributed by atoms with Crippen molar-refractivity contribution in [2.24, 2.45) is 0 Å². The molecule has 1 aromatic heterocycles. The van der Waals surface area contributed by atoms with Gasteiger partial charge in [-0.25, -0.2) is 0 Å². The number of fused-ring (bicyclic) bond motifs is 1. The second-order valence-corrected chi connectivity index (χ2v) is 3.99. The Morgan fingerprint density at radius 2 is 2.17 bits per heavy atom. The van der Waals surface area contributed by atoms with E-state index >= 15 is 0 Å². The summed E-state index contributed by atoms with van der Waals surface area (Å²) in [5, 5.41) is 3.88. The van der Waals surface area contributed by atoms with Crippen molar-refractivity contribution in [2.45, 2.75) is 13.3 Å². The zero-order valence-corrected chi connectivity index (χ0v) is 10.4. The molecule has 2 aromatic rings. The van der Waals surface area contributed by atoms with Gasteiger partial charge in [0.25, 0.3) is 5.91 Å². The molecule has 0 spiro atoms. The van der Waals surface area contributed by atoms with Gasteiger partial charge in [-0.2, -0.15) is 0 Å². The van der Waals surface area contributed by atoms with E-state index < -0.39 is 0 Å². The summed E-state index contributed by atoms with van der Waals surface area (Å²) in [6.07, 6.45) is 6.56. The van der Waals surface area contributed by atoms with Gasteiger partial charge in [0.05, 0.1) is 11.1 Å². The first-order valence-corrected chi connectivity index (χ1v) is 6.06. The number of rotatable bonds is 4. The summed E-state index contributed by atoms with van der Waals surface area (Å²) in [6, 6.07) is 9.47. The third-order valence-electron chi connectivity index (χ3n) is 2.71. The number of amides is 1. The molecule has 0 aliphatic rings. The maximum Gasteiger partial charge on any atom is 0.253 e. The molecule has 0 aliphatic carbocycles. The molecule has 3 nitrogen and oxygen atoms in total. The van der Waals surface area contributed by atoms with Crippen molar-refractivity contribution in [1.29, 1.82) is 0 Å². The molecule has 0 atom stereocenters. The molecule has 1 heterocycles. The Morgan fingerprint density at radius 3 is 3.00 bits per heavy atom. The standard InChI is InChI=1S/C15H16N2O/c1-2-3-4-10-17-15(18)13-9-5-7-12-8-6-11-16-14(12)13/h2-3,5-9,11H,4,10H2,1H3,(H,17,18)/b3-2+. The smallest absolute Gasteiger partial charge is 0.253 e. The predicted molar refractivity (Wildman–Crippen MR) is 73.5 cm³/mol. The van der Waals surface area contributed by atoms with Crippen LogP contribution in [0.15, 0.2) is 48.7 Å². The number of carbonyl (C=O) groups is 1.